The lowest BCUT2D eigenvalue weighted by molar-refractivity contribution is -0.531. The third-order valence-electron chi connectivity index (χ3n) is 3.92. The highest BCUT2D eigenvalue weighted by Gasteiger charge is 2.51. The van der Waals surface area contributed by atoms with Gasteiger partial charge in [0.05, 0.1) is 5.41 Å². The molecule has 1 aromatic carbocycles. The van der Waals surface area contributed by atoms with Crippen LogP contribution in [0.15, 0.2) is 42.5 Å². The maximum Gasteiger partial charge on any atom is 0.226 e. The molecule has 0 amide bonds. The van der Waals surface area contributed by atoms with Crippen molar-refractivity contribution >= 4 is 0 Å². The average Bonchev–Trinajstić information content (AvgIpc) is 2.69. The molecule has 1 fully saturated rings. The van der Waals surface area contributed by atoms with Gasteiger partial charge in [-0.2, -0.15) is 0 Å². The largest absolute Gasteiger partial charge is 0.264 e. The van der Waals surface area contributed by atoms with Crippen molar-refractivity contribution < 1.29 is 4.92 Å². The monoisotopic (exact) mass is 231 g/mol. The SMILES string of the molecule is C=C1C[C@H]([N+](=O)[O-])[C@@](CC)(c2ccccc2)C1. The van der Waals surface area contributed by atoms with Crippen molar-refractivity contribution in [2.24, 2.45) is 0 Å². The minimum atomic E-state index is -0.526. The highest BCUT2D eigenvalue weighted by atomic mass is 16.6. The van der Waals surface area contributed by atoms with E-state index in [1.165, 1.54) is 0 Å². The second-order valence-corrected chi connectivity index (χ2v) is 4.81. The van der Waals surface area contributed by atoms with Gasteiger partial charge >= 0.3 is 0 Å². The van der Waals surface area contributed by atoms with E-state index in [0.29, 0.717) is 6.42 Å². The summed E-state index contributed by atoms with van der Waals surface area (Å²) in [5.74, 6) is 0. The zero-order valence-electron chi connectivity index (χ0n) is 10.1. The zero-order chi connectivity index (χ0) is 12.5. The Hall–Kier alpha value is -1.64. The highest BCUT2D eigenvalue weighted by Crippen LogP contribution is 2.47. The molecule has 0 spiro atoms. The Morgan fingerprint density at radius 2 is 2.12 bits per heavy atom. The normalized spacial score (nSPS) is 28.3. The molecule has 1 saturated carbocycles. The number of nitrogens with zero attached hydrogens (tertiary/aromatic N) is 1. The molecule has 0 bridgehead atoms. The molecule has 0 unspecified atom stereocenters. The lowest BCUT2D eigenvalue weighted by atomic mass is 9.74. The third-order valence-corrected chi connectivity index (χ3v) is 3.92. The molecular weight excluding hydrogens is 214 g/mol. The molecule has 1 aliphatic carbocycles. The number of hydrogen-bond donors (Lipinski definition) is 0. The van der Waals surface area contributed by atoms with Crippen LogP contribution >= 0.6 is 0 Å². The van der Waals surface area contributed by atoms with Crippen LogP contribution < -0.4 is 0 Å². The van der Waals surface area contributed by atoms with E-state index in [9.17, 15) is 10.1 Å². The Morgan fingerprint density at radius 1 is 1.47 bits per heavy atom. The van der Waals surface area contributed by atoms with Gasteiger partial charge in [-0.3, -0.25) is 10.1 Å². The summed E-state index contributed by atoms with van der Waals surface area (Å²) < 4.78 is 0. The first kappa shape index (κ1) is 11.8. The average molecular weight is 231 g/mol. The molecule has 17 heavy (non-hydrogen) atoms. The molecule has 0 saturated heterocycles. The summed E-state index contributed by atoms with van der Waals surface area (Å²) in [6.07, 6.45) is 2.02. The topological polar surface area (TPSA) is 43.1 Å². The molecule has 2 atom stereocenters. The quantitative estimate of drug-likeness (QED) is 0.455. The van der Waals surface area contributed by atoms with Crippen molar-refractivity contribution in [3.05, 3.63) is 58.2 Å². The van der Waals surface area contributed by atoms with Crippen molar-refractivity contribution in [3.63, 3.8) is 0 Å². The second kappa shape index (κ2) is 4.32. The van der Waals surface area contributed by atoms with Gasteiger partial charge in [0.2, 0.25) is 6.04 Å². The minimum Gasteiger partial charge on any atom is -0.264 e. The van der Waals surface area contributed by atoms with E-state index in [2.05, 4.69) is 6.58 Å². The van der Waals surface area contributed by atoms with E-state index in [4.69, 9.17) is 0 Å². The van der Waals surface area contributed by atoms with Crippen molar-refractivity contribution in [2.75, 3.05) is 0 Å². The van der Waals surface area contributed by atoms with Gasteiger partial charge in [0.25, 0.3) is 0 Å². The van der Waals surface area contributed by atoms with Gasteiger partial charge in [-0.15, -0.1) is 0 Å². The first-order chi connectivity index (χ1) is 8.10. The molecule has 3 heteroatoms. The fourth-order valence-electron chi connectivity index (χ4n) is 3.01. The summed E-state index contributed by atoms with van der Waals surface area (Å²) in [4.78, 5) is 11.1. The van der Waals surface area contributed by atoms with Gasteiger partial charge in [0, 0.05) is 11.3 Å². The fourth-order valence-corrected chi connectivity index (χ4v) is 3.01. The van der Waals surface area contributed by atoms with Crippen molar-refractivity contribution in [1.82, 2.24) is 0 Å². The van der Waals surface area contributed by atoms with Crippen LogP contribution in [0.3, 0.4) is 0 Å². The van der Waals surface area contributed by atoms with E-state index in [-0.39, 0.29) is 10.3 Å². The van der Waals surface area contributed by atoms with Crippen LogP contribution in [0.5, 0.6) is 0 Å². The van der Waals surface area contributed by atoms with Gasteiger partial charge < -0.3 is 0 Å². The van der Waals surface area contributed by atoms with E-state index in [1.54, 1.807) is 0 Å². The van der Waals surface area contributed by atoms with Crippen LogP contribution in [-0.2, 0) is 5.41 Å². The summed E-state index contributed by atoms with van der Waals surface area (Å²) in [6.45, 7) is 5.98. The molecule has 0 aromatic heterocycles. The predicted molar refractivity (Wildman–Crippen MR) is 67.6 cm³/mol. The van der Waals surface area contributed by atoms with Crippen LogP contribution in [0.1, 0.15) is 31.7 Å². The summed E-state index contributed by atoms with van der Waals surface area (Å²) in [5, 5.41) is 11.3. The van der Waals surface area contributed by atoms with Gasteiger partial charge in [-0.25, -0.2) is 0 Å². The molecule has 3 nitrogen and oxygen atoms in total. The lowest BCUT2D eigenvalue weighted by Crippen LogP contribution is -2.39. The molecule has 90 valence electrons. The van der Waals surface area contributed by atoms with E-state index in [0.717, 1.165) is 24.0 Å². The van der Waals surface area contributed by atoms with Gasteiger partial charge in [0.15, 0.2) is 0 Å². The second-order valence-electron chi connectivity index (χ2n) is 4.81. The molecular formula is C14H17NO2. The van der Waals surface area contributed by atoms with Gasteiger partial charge in [-0.05, 0) is 18.4 Å². The number of benzene rings is 1. The molecule has 0 N–H and O–H groups in total. The number of hydrogen-bond acceptors (Lipinski definition) is 2. The Bertz CT molecular complexity index is 441. The van der Waals surface area contributed by atoms with Crippen LogP contribution in [0.25, 0.3) is 0 Å². The van der Waals surface area contributed by atoms with Crippen LogP contribution in [0.2, 0.25) is 0 Å². The lowest BCUT2D eigenvalue weighted by Gasteiger charge is -2.29. The van der Waals surface area contributed by atoms with E-state index < -0.39 is 6.04 Å². The Labute approximate surface area is 101 Å². The molecule has 1 aliphatic rings. The van der Waals surface area contributed by atoms with E-state index in [1.807, 2.05) is 37.3 Å². The number of rotatable bonds is 3. The van der Waals surface area contributed by atoms with Crippen LogP contribution in [0.4, 0.5) is 0 Å². The molecule has 0 heterocycles. The Balaban J connectivity index is 2.49. The van der Waals surface area contributed by atoms with Crippen molar-refractivity contribution in [2.45, 2.75) is 37.6 Å². The fraction of sp³-hybridized carbons (Fsp3) is 0.429. The standard InChI is InChI=1S/C14H17NO2/c1-3-14(12-7-5-4-6-8-12)10-11(2)9-13(14)15(16)17/h4-8,13H,2-3,9-10H2,1H3/t13-,14+/m0/s1. The zero-order valence-corrected chi connectivity index (χ0v) is 10.1. The van der Waals surface area contributed by atoms with Crippen LogP contribution in [-0.4, -0.2) is 11.0 Å². The molecule has 1 aromatic rings. The molecule has 0 radical (unpaired) electrons. The minimum absolute atomic E-state index is 0.130. The summed E-state index contributed by atoms with van der Waals surface area (Å²) in [7, 11) is 0. The smallest absolute Gasteiger partial charge is 0.226 e. The number of nitro groups is 1. The Kier molecular flexibility index (Phi) is 3.01. The van der Waals surface area contributed by atoms with Gasteiger partial charge in [-0.1, -0.05) is 49.4 Å². The molecule has 2 rings (SSSR count). The predicted octanol–water partition coefficient (Wildman–Crippen LogP) is 3.33. The summed E-state index contributed by atoms with van der Waals surface area (Å²) >= 11 is 0. The van der Waals surface area contributed by atoms with Crippen molar-refractivity contribution in [1.29, 1.82) is 0 Å². The summed E-state index contributed by atoms with van der Waals surface area (Å²) in [5.41, 5.74) is 1.71. The van der Waals surface area contributed by atoms with Crippen LogP contribution in [0, 0.1) is 10.1 Å². The van der Waals surface area contributed by atoms with Gasteiger partial charge in [0.1, 0.15) is 0 Å². The first-order valence-corrected chi connectivity index (χ1v) is 5.96. The molecule has 0 aliphatic heterocycles. The highest BCUT2D eigenvalue weighted by molar-refractivity contribution is 5.33. The van der Waals surface area contributed by atoms with Crippen molar-refractivity contribution in [3.8, 4) is 0 Å². The maximum absolute atomic E-state index is 11.3. The first-order valence-electron chi connectivity index (χ1n) is 5.96. The summed E-state index contributed by atoms with van der Waals surface area (Å²) in [6, 6.07) is 9.31. The third kappa shape index (κ3) is 1.86. The van der Waals surface area contributed by atoms with E-state index >= 15 is 0 Å². The maximum atomic E-state index is 11.3. The Morgan fingerprint density at radius 3 is 2.65 bits per heavy atom.